The summed E-state index contributed by atoms with van der Waals surface area (Å²) >= 11 is 0. The van der Waals surface area contributed by atoms with Crippen LogP contribution in [0.2, 0.25) is 0 Å². The van der Waals surface area contributed by atoms with Gasteiger partial charge < -0.3 is 9.64 Å². The number of piperidine rings is 1. The average molecular weight is 667 g/mol. The fourth-order valence-corrected chi connectivity index (χ4v) is 7.91. The molecule has 6 rings (SSSR count). The van der Waals surface area contributed by atoms with E-state index in [4.69, 9.17) is 4.74 Å². The summed E-state index contributed by atoms with van der Waals surface area (Å²) in [6.45, 7) is 5.18. The predicted molar refractivity (Wildman–Crippen MR) is 187 cm³/mol. The minimum atomic E-state index is -4.13. The zero-order valence-corrected chi connectivity index (χ0v) is 28.1. The molecule has 1 saturated heterocycles. The van der Waals surface area contributed by atoms with Crippen molar-refractivity contribution in [2.75, 3.05) is 26.2 Å². The average Bonchev–Trinajstić information content (AvgIpc) is 3.41. The largest absolute Gasteiger partial charge is 0.448 e. The van der Waals surface area contributed by atoms with Crippen LogP contribution in [0.5, 0.6) is 0 Å². The van der Waals surface area contributed by atoms with E-state index in [0.29, 0.717) is 43.5 Å². The molecule has 2 heterocycles. The number of likely N-dealkylation sites (tertiary alicyclic amines) is 1. The third-order valence-corrected chi connectivity index (χ3v) is 10.7. The maximum absolute atomic E-state index is 13.9. The van der Waals surface area contributed by atoms with E-state index >= 15 is 0 Å². The second-order valence-electron chi connectivity index (χ2n) is 12.3. The second-order valence-corrected chi connectivity index (χ2v) is 14.1. The van der Waals surface area contributed by atoms with Crippen molar-refractivity contribution in [3.05, 3.63) is 136 Å². The quantitative estimate of drug-likeness (QED) is 0.152. The highest BCUT2D eigenvalue weighted by Crippen LogP contribution is 2.28. The number of fused-ring (bicyclic) bond motifs is 1. The van der Waals surface area contributed by atoms with Crippen LogP contribution >= 0.6 is 0 Å². The molecule has 10 heteroatoms. The standard InChI is InChI=1S/C38H42N4O5S/c1-2-11-30-18-20-34(21-19-30)48(45,46)42-36-17-10-9-16-35(36)41(37(42)43)33-22-24-40(25-23-33)38(44)47-27-26-39(28-31-12-5-3-6-13-31)29-32-14-7-4-8-15-32/h3-10,12-21,33H,2,11,22-29H2,1H3. The lowest BCUT2D eigenvalue weighted by atomic mass is 10.0. The predicted octanol–water partition coefficient (Wildman–Crippen LogP) is 6.47. The molecule has 0 radical (unpaired) electrons. The molecule has 1 fully saturated rings. The Hall–Kier alpha value is -4.67. The van der Waals surface area contributed by atoms with Gasteiger partial charge in [-0.25, -0.2) is 18.0 Å². The van der Waals surface area contributed by atoms with Crippen LogP contribution in [0.1, 0.15) is 48.9 Å². The van der Waals surface area contributed by atoms with Crippen LogP contribution in [-0.4, -0.2) is 59.1 Å². The number of ether oxygens (including phenoxy) is 1. The van der Waals surface area contributed by atoms with E-state index in [-0.39, 0.29) is 23.6 Å². The van der Waals surface area contributed by atoms with Gasteiger partial charge in [0.2, 0.25) is 0 Å². The molecule has 0 N–H and O–H groups in total. The number of benzene rings is 4. The Balaban J connectivity index is 1.11. The van der Waals surface area contributed by atoms with Gasteiger partial charge in [0.25, 0.3) is 10.0 Å². The van der Waals surface area contributed by atoms with Gasteiger partial charge in [-0.3, -0.25) is 9.47 Å². The molecule has 0 saturated carbocycles. The number of para-hydroxylation sites is 2. The van der Waals surface area contributed by atoms with E-state index in [1.165, 1.54) is 11.1 Å². The first-order valence-corrected chi connectivity index (χ1v) is 18.1. The molecule has 0 spiro atoms. The highest BCUT2D eigenvalue weighted by atomic mass is 32.2. The van der Waals surface area contributed by atoms with Crippen molar-refractivity contribution in [1.29, 1.82) is 0 Å². The Morgan fingerprint density at radius 2 is 1.33 bits per heavy atom. The smallest absolute Gasteiger partial charge is 0.409 e. The van der Waals surface area contributed by atoms with E-state index in [9.17, 15) is 18.0 Å². The van der Waals surface area contributed by atoms with Gasteiger partial charge >= 0.3 is 11.8 Å². The second kappa shape index (κ2) is 15.0. The molecule has 9 nitrogen and oxygen atoms in total. The molecule has 4 aromatic carbocycles. The molecule has 1 aliphatic rings. The zero-order chi connectivity index (χ0) is 33.5. The molecule has 1 amide bonds. The van der Waals surface area contributed by atoms with Crippen molar-refractivity contribution in [1.82, 2.24) is 18.3 Å². The number of nitrogens with zero attached hydrogens (tertiary/aromatic N) is 4. The molecular weight excluding hydrogens is 625 g/mol. The van der Waals surface area contributed by atoms with Gasteiger partial charge in [-0.05, 0) is 60.2 Å². The molecule has 0 aliphatic carbocycles. The first kappa shape index (κ1) is 33.2. The molecule has 1 aliphatic heterocycles. The van der Waals surface area contributed by atoms with E-state index in [1.54, 1.807) is 58.0 Å². The number of rotatable bonds is 12. The van der Waals surface area contributed by atoms with Gasteiger partial charge in [0, 0.05) is 38.8 Å². The number of aryl methyl sites for hydroxylation is 1. The zero-order valence-electron chi connectivity index (χ0n) is 27.3. The summed E-state index contributed by atoms with van der Waals surface area (Å²) in [5.74, 6) is 0. The maximum atomic E-state index is 13.9. The number of imidazole rings is 1. The van der Waals surface area contributed by atoms with Crippen molar-refractivity contribution in [3.8, 4) is 0 Å². The van der Waals surface area contributed by atoms with Crippen molar-refractivity contribution in [3.63, 3.8) is 0 Å². The summed E-state index contributed by atoms with van der Waals surface area (Å²) in [5, 5.41) is 0. The topological polar surface area (TPSA) is 93.8 Å². The minimum absolute atomic E-state index is 0.0797. The molecule has 48 heavy (non-hydrogen) atoms. The number of aromatic nitrogens is 2. The molecular formula is C38H42N4O5S. The van der Waals surface area contributed by atoms with Gasteiger partial charge in [0.1, 0.15) is 6.61 Å². The van der Waals surface area contributed by atoms with Crippen LogP contribution in [0, 0.1) is 0 Å². The third kappa shape index (κ3) is 7.40. The highest BCUT2D eigenvalue weighted by molar-refractivity contribution is 7.90. The Kier molecular flexibility index (Phi) is 10.4. The van der Waals surface area contributed by atoms with Crippen molar-refractivity contribution in [2.24, 2.45) is 0 Å². The Labute approximate surface area is 282 Å². The summed E-state index contributed by atoms with van der Waals surface area (Å²) < 4.78 is 35.9. The molecule has 250 valence electrons. The maximum Gasteiger partial charge on any atom is 0.409 e. The third-order valence-electron chi connectivity index (χ3n) is 8.96. The van der Waals surface area contributed by atoms with Crippen LogP contribution in [0.3, 0.4) is 0 Å². The fraction of sp³-hybridized carbons (Fsp3) is 0.316. The van der Waals surface area contributed by atoms with Gasteiger partial charge in [-0.2, -0.15) is 3.97 Å². The molecule has 1 aromatic heterocycles. The van der Waals surface area contributed by atoms with E-state index in [2.05, 4.69) is 36.1 Å². The van der Waals surface area contributed by atoms with Crippen LogP contribution in [-0.2, 0) is 34.3 Å². The molecule has 0 bridgehead atoms. The summed E-state index contributed by atoms with van der Waals surface area (Å²) in [5.41, 5.74) is 3.75. The summed E-state index contributed by atoms with van der Waals surface area (Å²) in [4.78, 5) is 31.0. The first-order chi connectivity index (χ1) is 23.3. The van der Waals surface area contributed by atoms with Crippen molar-refractivity contribution in [2.45, 2.75) is 56.6 Å². The molecule has 5 aromatic rings. The van der Waals surface area contributed by atoms with E-state index in [0.717, 1.165) is 35.5 Å². The first-order valence-electron chi connectivity index (χ1n) is 16.6. The number of hydrogen-bond acceptors (Lipinski definition) is 6. The van der Waals surface area contributed by atoms with Gasteiger partial charge in [-0.15, -0.1) is 0 Å². The van der Waals surface area contributed by atoms with Crippen LogP contribution in [0.25, 0.3) is 11.0 Å². The van der Waals surface area contributed by atoms with Crippen molar-refractivity contribution < 1.29 is 17.9 Å². The Bertz CT molecular complexity index is 1940. The summed E-state index contributed by atoms with van der Waals surface area (Å²) in [7, 11) is -4.13. The van der Waals surface area contributed by atoms with Gasteiger partial charge in [0.15, 0.2) is 0 Å². The lowest BCUT2D eigenvalue weighted by Crippen LogP contribution is -2.42. The van der Waals surface area contributed by atoms with E-state index in [1.807, 2.05) is 36.4 Å². The van der Waals surface area contributed by atoms with Crippen molar-refractivity contribution >= 4 is 27.1 Å². The summed E-state index contributed by atoms with van der Waals surface area (Å²) in [6, 6.07) is 34.0. The molecule has 0 atom stereocenters. The minimum Gasteiger partial charge on any atom is -0.448 e. The van der Waals surface area contributed by atoms with Crippen LogP contribution in [0.4, 0.5) is 4.79 Å². The monoisotopic (exact) mass is 666 g/mol. The SMILES string of the molecule is CCCc1ccc(S(=O)(=O)n2c(=O)n(C3CCN(C(=O)OCCN(Cc4ccccc4)Cc4ccccc4)CC3)c3ccccc32)cc1. The lowest BCUT2D eigenvalue weighted by Gasteiger charge is -2.32. The van der Waals surface area contributed by atoms with Gasteiger partial charge in [-0.1, -0.05) is 98.3 Å². The Morgan fingerprint density at radius 1 is 0.771 bits per heavy atom. The molecule has 0 unspecified atom stereocenters. The fourth-order valence-electron chi connectivity index (χ4n) is 6.51. The Morgan fingerprint density at radius 3 is 1.92 bits per heavy atom. The number of carbonyl (C=O) groups is 1. The normalized spacial score (nSPS) is 14.1. The number of hydrogen-bond donors (Lipinski definition) is 0. The van der Waals surface area contributed by atoms with Crippen LogP contribution < -0.4 is 5.69 Å². The van der Waals surface area contributed by atoms with Gasteiger partial charge in [0.05, 0.1) is 15.9 Å². The highest BCUT2D eigenvalue weighted by Gasteiger charge is 2.31. The summed E-state index contributed by atoms with van der Waals surface area (Å²) in [6.07, 6.45) is 2.44. The number of amides is 1. The lowest BCUT2D eigenvalue weighted by molar-refractivity contribution is 0.0769. The number of carbonyl (C=O) groups excluding carboxylic acids is 1. The van der Waals surface area contributed by atoms with Crippen LogP contribution in [0.15, 0.2) is 119 Å². The van der Waals surface area contributed by atoms with E-state index < -0.39 is 15.7 Å².